The summed E-state index contributed by atoms with van der Waals surface area (Å²) in [6.07, 6.45) is 11.1. The highest BCUT2D eigenvalue weighted by molar-refractivity contribution is 5.92. The lowest BCUT2D eigenvalue weighted by Gasteiger charge is -2.44. The molecule has 0 heterocycles. The van der Waals surface area contributed by atoms with E-state index < -0.39 is 10.8 Å². The first-order chi connectivity index (χ1) is 10.8. The average molecular weight is 320 g/mol. The molecule has 0 radical (unpaired) electrons. The van der Waals surface area contributed by atoms with Gasteiger partial charge >= 0.3 is 11.9 Å². The maximum atomic E-state index is 13.0. The Hall–Kier alpha value is -1.58. The molecule has 0 saturated heterocycles. The number of allylic oxidation sites excluding steroid dienone is 2. The molecule has 2 atom stereocenters. The van der Waals surface area contributed by atoms with Crippen LogP contribution < -0.4 is 0 Å². The van der Waals surface area contributed by atoms with Crippen molar-refractivity contribution < 1.29 is 19.1 Å². The van der Waals surface area contributed by atoms with Crippen LogP contribution in [0.5, 0.6) is 0 Å². The smallest absolute Gasteiger partial charge is 0.317 e. The van der Waals surface area contributed by atoms with Gasteiger partial charge in [0.15, 0.2) is 0 Å². The number of carbonyl (C=O) groups excluding carboxylic acids is 2. The number of hydrogen-bond acceptors (Lipinski definition) is 4. The Morgan fingerprint density at radius 2 is 1.17 bits per heavy atom. The Labute approximate surface area is 138 Å². The molecule has 1 saturated carbocycles. The predicted molar refractivity (Wildman–Crippen MR) is 88.7 cm³/mol. The van der Waals surface area contributed by atoms with Crippen LogP contribution in [-0.2, 0) is 19.1 Å². The fourth-order valence-electron chi connectivity index (χ4n) is 3.68. The molecule has 0 N–H and O–H groups in total. The number of rotatable bonds is 4. The van der Waals surface area contributed by atoms with Crippen molar-refractivity contribution >= 4 is 11.9 Å². The number of hydrogen-bond donors (Lipinski definition) is 0. The van der Waals surface area contributed by atoms with Crippen LogP contribution in [-0.4, -0.2) is 24.1 Å². The topological polar surface area (TPSA) is 52.6 Å². The van der Waals surface area contributed by atoms with Crippen LogP contribution >= 0.6 is 0 Å². The molecule has 0 aromatic rings. The summed E-state index contributed by atoms with van der Waals surface area (Å²) in [6, 6.07) is 0. The van der Waals surface area contributed by atoms with Crippen molar-refractivity contribution in [2.45, 2.75) is 72.0 Å². The molecule has 2 rings (SSSR count). The third-order valence-electron chi connectivity index (χ3n) is 4.72. The van der Waals surface area contributed by atoms with Gasteiger partial charge in [0, 0.05) is 0 Å². The van der Waals surface area contributed by atoms with Gasteiger partial charge in [-0.1, -0.05) is 43.6 Å². The summed E-state index contributed by atoms with van der Waals surface area (Å²) < 4.78 is 11.1. The van der Waals surface area contributed by atoms with Crippen molar-refractivity contribution in [3.63, 3.8) is 0 Å². The summed E-state index contributed by atoms with van der Waals surface area (Å²) in [7, 11) is 0. The molecule has 2 aliphatic rings. The number of esters is 2. The molecule has 4 heteroatoms. The van der Waals surface area contributed by atoms with Gasteiger partial charge in [-0.2, -0.15) is 0 Å². The number of carbonyl (C=O) groups is 2. The van der Waals surface area contributed by atoms with Gasteiger partial charge in [-0.25, -0.2) is 0 Å². The van der Waals surface area contributed by atoms with Gasteiger partial charge in [-0.05, 0) is 40.5 Å². The lowest BCUT2D eigenvalue weighted by atomic mass is 9.58. The monoisotopic (exact) mass is 320 g/mol. The largest absolute Gasteiger partial charge is 0.462 e. The fraction of sp³-hybridized carbons (Fsp3) is 0.684. The molecule has 128 valence electrons. The highest BCUT2D eigenvalue weighted by atomic mass is 16.6. The zero-order valence-electron chi connectivity index (χ0n) is 14.6. The van der Waals surface area contributed by atoms with E-state index in [4.69, 9.17) is 9.47 Å². The molecule has 23 heavy (non-hydrogen) atoms. The Balaban J connectivity index is 2.50. The molecular weight excluding hydrogens is 292 g/mol. The van der Waals surface area contributed by atoms with Crippen molar-refractivity contribution in [3.05, 3.63) is 24.3 Å². The summed E-state index contributed by atoms with van der Waals surface area (Å²) in [4.78, 5) is 26.0. The second-order valence-electron chi connectivity index (χ2n) is 7.13. The molecule has 0 aromatic heterocycles. The van der Waals surface area contributed by atoms with Gasteiger partial charge in [-0.3, -0.25) is 9.59 Å². The van der Waals surface area contributed by atoms with Crippen molar-refractivity contribution in [1.29, 1.82) is 0 Å². The van der Waals surface area contributed by atoms with E-state index in [1.54, 1.807) is 0 Å². The molecule has 4 nitrogen and oxygen atoms in total. The zero-order valence-corrected chi connectivity index (χ0v) is 14.6. The van der Waals surface area contributed by atoms with E-state index in [-0.39, 0.29) is 24.1 Å². The predicted octanol–water partition coefficient (Wildman–Crippen LogP) is 3.95. The standard InChI is InChI=1S/C19H28O4/c1-14(2)22-16(20)18-10-6-5-7-11-19(18,13-9-8-12-18)17(21)23-15(3)4/h8-9,12-15H,5-7,10-11H2,1-4H3. The second-order valence-corrected chi connectivity index (χ2v) is 7.13. The molecule has 0 aliphatic heterocycles. The van der Waals surface area contributed by atoms with Gasteiger partial charge in [-0.15, -0.1) is 0 Å². The third-order valence-corrected chi connectivity index (χ3v) is 4.72. The van der Waals surface area contributed by atoms with E-state index in [2.05, 4.69) is 0 Å². The average Bonchev–Trinajstić information content (AvgIpc) is 2.66. The van der Waals surface area contributed by atoms with Crippen molar-refractivity contribution in [3.8, 4) is 0 Å². The maximum Gasteiger partial charge on any atom is 0.317 e. The van der Waals surface area contributed by atoms with Gasteiger partial charge < -0.3 is 9.47 Å². The van der Waals surface area contributed by atoms with E-state index >= 15 is 0 Å². The zero-order chi connectivity index (χ0) is 17.1. The van der Waals surface area contributed by atoms with Crippen molar-refractivity contribution in [1.82, 2.24) is 0 Å². The first kappa shape index (κ1) is 17.8. The Morgan fingerprint density at radius 1 is 0.783 bits per heavy atom. The summed E-state index contributed by atoms with van der Waals surface area (Å²) in [6.45, 7) is 7.34. The van der Waals surface area contributed by atoms with Gasteiger partial charge in [0.2, 0.25) is 0 Å². The SMILES string of the molecule is CC(C)OC(=O)C12C=CC=CC1(C(=O)OC(C)C)CCCCC2. The van der Waals surface area contributed by atoms with Crippen LogP contribution in [0.25, 0.3) is 0 Å². The second kappa shape index (κ2) is 6.90. The lowest BCUT2D eigenvalue weighted by Crippen LogP contribution is -2.53. The third kappa shape index (κ3) is 3.22. The Kier molecular flexibility index (Phi) is 5.33. The van der Waals surface area contributed by atoms with Crippen LogP contribution in [0.2, 0.25) is 0 Å². The molecule has 2 aliphatic carbocycles. The van der Waals surface area contributed by atoms with Gasteiger partial charge in [0.05, 0.1) is 12.2 Å². The summed E-state index contributed by atoms with van der Waals surface area (Å²) in [5, 5.41) is 0. The highest BCUT2D eigenvalue weighted by Gasteiger charge is 2.60. The quantitative estimate of drug-likeness (QED) is 0.736. The minimum atomic E-state index is -0.950. The number of fused-ring (bicyclic) bond motifs is 1. The van der Waals surface area contributed by atoms with E-state index in [0.717, 1.165) is 19.3 Å². The van der Waals surface area contributed by atoms with E-state index in [1.165, 1.54) is 0 Å². The number of ether oxygens (including phenoxy) is 2. The first-order valence-electron chi connectivity index (χ1n) is 8.63. The van der Waals surface area contributed by atoms with Gasteiger partial charge in [0.1, 0.15) is 10.8 Å². The van der Waals surface area contributed by atoms with Crippen molar-refractivity contribution in [2.75, 3.05) is 0 Å². The van der Waals surface area contributed by atoms with Crippen LogP contribution in [0.3, 0.4) is 0 Å². The van der Waals surface area contributed by atoms with Crippen molar-refractivity contribution in [2.24, 2.45) is 10.8 Å². The van der Waals surface area contributed by atoms with Gasteiger partial charge in [0.25, 0.3) is 0 Å². The van der Waals surface area contributed by atoms with Crippen LogP contribution in [0.4, 0.5) is 0 Å². The molecule has 0 amide bonds. The highest BCUT2D eigenvalue weighted by Crippen LogP contribution is 2.55. The minimum absolute atomic E-state index is 0.210. The molecular formula is C19H28O4. The normalized spacial score (nSPS) is 30.0. The summed E-state index contributed by atoms with van der Waals surface area (Å²) >= 11 is 0. The minimum Gasteiger partial charge on any atom is -0.462 e. The van der Waals surface area contributed by atoms with E-state index in [1.807, 2.05) is 52.0 Å². The van der Waals surface area contributed by atoms with E-state index in [9.17, 15) is 9.59 Å². The van der Waals surface area contributed by atoms with Crippen LogP contribution in [0.1, 0.15) is 59.8 Å². The molecule has 2 unspecified atom stereocenters. The molecule has 0 spiro atoms. The fourth-order valence-corrected chi connectivity index (χ4v) is 3.68. The van der Waals surface area contributed by atoms with Crippen LogP contribution in [0.15, 0.2) is 24.3 Å². The first-order valence-corrected chi connectivity index (χ1v) is 8.63. The van der Waals surface area contributed by atoms with Crippen LogP contribution in [0, 0.1) is 10.8 Å². The summed E-state index contributed by atoms with van der Waals surface area (Å²) in [5.74, 6) is -0.619. The Morgan fingerprint density at radius 3 is 1.52 bits per heavy atom. The molecule has 1 fully saturated rings. The van der Waals surface area contributed by atoms with E-state index in [0.29, 0.717) is 12.8 Å². The Bertz CT molecular complexity index is 471. The summed E-state index contributed by atoms with van der Waals surface area (Å²) in [5.41, 5.74) is -1.90. The lowest BCUT2D eigenvalue weighted by molar-refractivity contribution is -0.178. The molecule has 0 bridgehead atoms. The molecule has 0 aromatic carbocycles. The maximum absolute atomic E-state index is 13.0.